The lowest BCUT2D eigenvalue weighted by Gasteiger charge is -2.39. The highest BCUT2D eigenvalue weighted by Gasteiger charge is 2.46. The van der Waals surface area contributed by atoms with Gasteiger partial charge in [-0.15, -0.1) is 0 Å². The number of esters is 1. The number of hydrogen-bond acceptors (Lipinski definition) is 15. The van der Waals surface area contributed by atoms with Crippen LogP contribution in [0.25, 0.3) is 22.3 Å². The molecular weight excluding hydrogens is 592 g/mol. The van der Waals surface area contributed by atoms with Crippen LogP contribution in [0.15, 0.2) is 39.5 Å². The molecule has 1 aliphatic heterocycles. The number of ether oxygens (including phenoxy) is 4. The van der Waals surface area contributed by atoms with Crippen LogP contribution in [0.5, 0.6) is 28.7 Å². The van der Waals surface area contributed by atoms with Crippen LogP contribution in [0.2, 0.25) is 0 Å². The first kappa shape index (κ1) is 32.3. The monoisotopic (exact) mass is 622 g/mol. The van der Waals surface area contributed by atoms with E-state index in [0.29, 0.717) is 0 Å². The molecule has 0 saturated carbocycles. The summed E-state index contributed by atoms with van der Waals surface area (Å²) in [5.74, 6) is -4.86. The van der Waals surface area contributed by atoms with Crippen LogP contribution >= 0.6 is 0 Å². The predicted molar refractivity (Wildman–Crippen MR) is 145 cm³/mol. The van der Waals surface area contributed by atoms with Gasteiger partial charge in [0, 0.05) is 17.7 Å². The number of carbonyl (C=O) groups excluding carboxylic acids is 1. The molecule has 16 heteroatoms. The second-order valence-corrected chi connectivity index (χ2v) is 10.4. The minimum Gasteiger partial charge on any atom is -0.508 e. The lowest BCUT2D eigenvalue weighted by molar-refractivity contribution is -0.278. The molecule has 238 valence electrons. The van der Waals surface area contributed by atoms with E-state index in [1.54, 1.807) is 0 Å². The van der Waals surface area contributed by atoms with Crippen LogP contribution in [-0.2, 0) is 19.1 Å². The number of aliphatic hydroxyl groups excluding tert-OH is 3. The van der Waals surface area contributed by atoms with Gasteiger partial charge in [0.05, 0.1) is 25.6 Å². The fourth-order valence-electron chi connectivity index (χ4n) is 4.58. The Hall–Kier alpha value is -4.61. The van der Waals surface area contributed by atoms with Crippen LogP contribution in [0, 0.1) is 0 Å². The molecule has 8 N–H and O–H groups in total. The summed E-state index contributed by atoms with van der Waals surface area (Å²) in [4.78, 5) is 36.7. The van der Waals surface area contributed by atoms with E-state index in [9.17, 15) is 50.1 Å². The van der Waals surface area contributed by atoms with E-state index in [1.165, 1.54) is 25.3 Å². The van der Waals surface area contributed by atoms with Crippen molar-refractivity contribution < 1.29 is 73.8 Å². The summed E-state index contributed by atoms with van der Waals surface area (Å²) in [6, 6.07) is 5.72. The molecule has 0 radical (unpaired) electrons. The van der Waals surface area contributed by atoms with Crippen molar-refractivity contribution in [3.63, 3.8) is 0 Å². The standard InChI is InChI=1S/C28H30O16/c1-28(39,8-18(32)33)9-19(34)41-10-17-21(35)23(37)24(38)27(43-17)44-26-22(36)20-14(31)6-12(29)7-16(20)42-25(26)11-3-4-13(30)15(5-11)40-2/h3-7,17,21,23-24,27,29-31,35,37-39H,8-10H2,1-2H3,(H,32,33). The summed E-state index contributed by atoms with van der Waals surface area (Å²) in [6.45, 7) is 0.356. The van der Waals surface area contributed by atoms with Crippen LogP contribution < -0.4 is 14.9 Å². The van der Waals surface area contributed by atoms with Crippen molar-refractivity contribution in [2.75, 3.05) is 13.7 Å². The lowest BCUT2D eigenvalue weighted by Crippen LogP contribution is -2.60. The maximum Gasteiger partial charge on any atom is 0.308 e. The largest absolute Gasteiger partial charge is 0.508 e. The van der Waals surface area contributed by atoms with Crippen LogP contribution in [0.4, 0.5) is 0 Å². The topological polar surface area (TPSA) is 263 Å². The van der Waals surface area contributed by atoms with Gasteiger partial charge in [-0.3, -0.25) is 14.4 Å². The Kier molecular flexibility index (Phi) is 9.22. The number of hydrogen-bond donors (Lipinski definition) is 8. The zero-order valence-corrected chi connectivity index (χ0v) is 23.2. The van der Waals surface area contributed by atoms with Gasteiger partial charge in [-0.2, -0.15) is 0 Å². The molecular formula is C28H30O16. The van der Waals surface area contributed by atoms with Crippen molar-refractivity contribution in [1.82, 2.24) is 0 Å². The molecule has 3 aromatic rings. The van der Waals surface area contributed by atoms with Gasteiger partial charge >= 0.3 is 11.9 Å². The minimum atomic E-state index is -1.99. The molecule has 6 unspecified atom stereocenters. The van der Waals surface area contributed by atoms with Crippen LogP contribution in [-0.4, -0.2) is 103 Å². The third kappa shape index (κ3) is 6.79. The van der Waals surface area contributed by atoms with E-state index < -0.39 is 95.8 Å². The normalized spacial score (nSPS) is 23.1. The Labute approximate surface area is 247 Å². The molecule has 1 aliphatic rings. The van der Waals surface area contributed by atoms with E-state index in [1.807, 2.05) is 0 Å². The van der Waals surface area contributed by atoms with Crippen molar-refractivity contribution in [1.29, 1.82) is 0 Å². The molecule has 1 fully saturated rings. The molecule has 1 aromatic heterocycles. The Morgan fingerprint density at radius 3 is 2.34 bits per heavy atom. The summed E-state index contributed by atoms with van der Waals surface area (Å²) >= 11 is 0. The van der Waals surface area contributed by atoms with Crippen molar-refractivity contribution in [2.45, 2.75) is 56.1 Å². The number of carbonyl (C=O) groups is 2. The van der Waals surface area contributed by atoms with Gasteiger partial charge in [-0.25, -0.2) is 0 Å². The van der Waals surface area contributed by atoms with Gasteiger partial charge in [0.1, 0.15) is 53.5 Å². The number of benzene rings is 2. The highest BCUT2D eigenvalue weighted by molar-refractivity contribution is 5.88. The zero-order chi connectivity index (χ0) is 32.5. The molecule has 2 aromatic carbocycles. The minimum absolute atomic E-state index is 0.0355. The Balaban J connectivity index is 1.68. The Bertz CT molecular complexity index is 1610. The van der Waals surface area contributed by atoms with E-state index >= 15 is 0 Å². The van der Waals surface area contributed by atoms with E-state index in [0.717, 1.165) is 19.1 Å². The van der Waals surface area contributed by atoms with E-state index in [2.05, 4.69) is 0 Å². The van der Waals surface area contributed by atoms with Gasteiger partial charge < -0.3 is 64.2 Å². The number of rotatable bonds is 10. The summed E-state index contributed by atoms with van der Waals surface area (Å²) in [5.41, 5.74) is -3.14. The number of phenolic OH excluding ortho intramolecular Hbond substituents is 3. The zero-order valence-electron chi connectivity index (χ0n) is 23.2. The molecule has 0 spiro atoms. The van der Waals surface area contributed by atoms with Crippen LogP contribution in [0.3, 0.4) is 0 Å². The summed E-state index contributed by atoms with van der Waals surface area (Å²) < 4.78 is 27.1. The number of aliphatic carboxylic acids is 1. The predicted octanol–water partition coefficient (Wildman–Crippen LogP) is -0.0692. The third-order valence-corrected chi connectivity index (χ3v) is 6.73. The van der Waals surface area contributed by atoms with Crippen molar-refractivity contribution >= 4 is 22.9 Å². The smallest absolute Gasteiger partial charge is 0.308 e. The first-order valence-corrected chi connectivity index (χ1v) is 13.0. The second-order valence-electron chi connectivity index (χ2n) is 10.4. The molecule has 0 amide bonds. The summed E-state index contributed by atoms with van der Waals surface area (Å²) in [6.07, 6.45) is -10.7. The van der Waals surface area contributed by atoms with Crippen molar-refractivity contribution in [3.8, 4) is 40.1 Å². The quantitative estimate of drug-likeness (QED) is 0.138. The highest BCUT2D eigenvalue weighted by Crippen LogP contribution is 2.39. The number of aliphatic hydroxyl groups is 4. The molecule has 0 bridgehead atoms. The van der Waals surface area contributed by atoms with Crippen LogP contribution in [0.1, 0.15) is 19.8 Å². The fraction of sp³-hybridized carbons (Fsp3) is 0.393. The lowest BCUT2D eigenvalue weighted by atomic mass is 9.98. The number of fused-ring (bicyclic) bond motifs is 1. The molecule has 16 nitrogen and oxygen atoms in total. The van der Waals surface area contributed by atoms with Crippen molar-refractivity contribution in [3.05, 3.63) is 40.6 Å². The fourth-order valence-corrected chi connectivity index (χ4v) is 4.58. The van der Waals surface area contributed by atoms with Gasteiger partial charge in [0.15, 0.2) is 17.3 Å². The molecule has 1 saturated heterocycles. The number of carboxylic acids is 1. The van der Waals surface area contributed by atoms with Gasteiger partial charge in [-0.1, -0.05) is 0 Å². The average molecular weight is 623 g/mol. The first-order chi connectivity index (χ1) is 20.6. The van der Waals surface area contributed by atoms with E-state index in [4.69, 9.17) is 28.5 Å². The number of phenols is 3. The van der Waals surface area contributed by atoms with Gasteiger partial charge in [-0.05, 0) is 25.1 Å². The van der Waals surface area contributed by atoms with E-state index in [-0.39, 0.29) is 28.4 Å². The van der Waals surface area contributed by atoms with Crippen molar-refractivity contribution in [2.24, 2.45) is 0 Å². The third-order valence-electron chi connectivity index (χ3n) is 6.73. The Morgan fingerprint density at radius 2 is 1.68 bits per heavy atom. The molecule has 2 heterocycles. The second kappa shape index (κ2) is 12.6. The molecule has 6 atom stereocenters. The number of methoxy groups -OCH3 is 1. The summed E-state index contributed by atoms with van der Waals surface area (Å²) in [5, 5.41) is 80.5. The maximum absolute atomic E-state index is 13.6. The average Bonchev–Trinajstić information content (AvgIpc) is 2.92. The van der Waals surface area contributed by atoms with Gasteiger partial charge in [0.2, 0.25) is 17.5 Å². The number of aromatic hydroxyl groups is 3. The number of carboxylic acid groups (broad SMARTS) is 1. The first-order valence-electron chi connectivity index (χ1n) is 13.0. The SMILES string of the molecule is COc1cc(-c2oc3cc(O)cc(O)c3c(=O)c2OC2OC(COC(=O)CC(C)(O)CC(=O)O)C(O)C(O)C2O)ccc1O. The highest BCUT2D eigenvalue weighted by atomic mass is 16.7. The summed E-state index contributed by atoms with van der Waals surface area (Å²) in [7, 11) is 1.27. The Morgan fingerprint density at radius 1 is 0.977 bits per heavy atom. The molecule has 0 aliphatic carbocycles. The molecule has 4 rings (SSSR count). The molecule has 44 heavy (non-hydrogen) atoms. The maximum atomic E-state index is 13.6. The van der Waals surface area contributed by atoms with Gasteiger partial charge in [0.25, 0.3) is 0 Å².